The molecule has 1 rings (SSSR count). The van der Waals surface area contributed by atoms with Gasteiger partial charge in [-0.3, -0.25) is 0 Å². The number of benzene rings is 1. The van der Waals surface area contributed by atoms with E-state index in [0.29, 0.717) is 17.9 Å². The van der Waals surface area contributed by atoms with Gasteiger partial charge >= 0.3 is 0 Å². The van der Waals surface area contributed by atoms with Gasteiger partial charge in [-0.1, -0.05) is 19.1 Å². The van der Waals surface area contributed by atoms with Crippen LogP contribution in [0.3, 0.4) is 0 Å². The van der Waals surface area contributed by atoms with Crippen molar-refractivity contribution in [2.45, 2.75) is 37.5 Å². The standard InChI is InChI=1S/C13H21NO3S/c1-2-12-6-8-13(9-7-12)18(16,17)14-10-4-3-5-11-15/h6-9,14-15H,2-5,10-11H2,1H3. The summed E-state index contributed by atoms with van der Waals surface area (Å²) in [5.41, 5.74) is 1.12. The van der Waals surface area contributed by atoms with Crippen LogP contribution >= 0.6 is 0 Å². The van der Waals surface area contributed by atoms with Gasteiger partial charge in [0.1, 0.15) is 0 Å². The molecule has 0 saturated carbocycles. The third kappa shape index (κ3) is 4.76. The number of hydrogen-bond acceptors (Lipinski definition) is 3. The second kappa shape index (κ2) is 7.51. The minimum absolute atomic E-state index is 0.158. The first-order valence-electron chi connectivity index (χ1n) is 6.29. The Labute approximate surface area is 109 Å². The topological polar surface area (TPSA) is 66.4 Å². The summed E-state index contributed by atoms with van der Waals surface area (Å²) >= 11 is 0. The Morgan fingerprint density at radius 1 is 1.11 bits per heavy atom. The van der Waals surface area contributed by atoms with Crippen molar-refractivity contribution >= 4 is 10.0 Å². The van der Waals surface area contributed by atoms with E-state index < -0.39 is 10.0 Å². The molecular formula is C13H21NO3S. The van der Waals surface area contributed by atoms with Crippen molar-refractivity contribution in [3.05, 3.63) is 29.8 Å². The molecule has 1 aromatic carbocycles. The zero-order valence-corrected chi connectivity index (χ0v) is 11.5. The highest BCUT2D eigenvalue weighted by Gasteiger charge is 2.12. The minimum Gasteiger partial charge on any atom is -0.396 e. The number of aliphatic hydroxyl groups is 1. The van der Waals surface area contributed by atoms with Gasteiger partial charge in [-0.05, 0) is 43.4 Å². The summed E-state index contributed by atoms with van der Waals surface area (Å²) in [6, 6.07) is 6.93. The van der Waals surface area contributed by atoms with Gasteiger partial charge in [0.15, 0.2) is 0 Å². The fourth-order valence-electron chi connectivity index (χ4n) is 1.61. The molecule has 0 unspecified atom stereocenters. The number of sulfonamides is 1. The monoisotopic (exact) mass is 271 g/mol. The van der Waals surface area contributed by atoms with Crippen molar-refractivity contribution in [3.63, 3.8) is 0 Å². The van der Waals surface area contributed by atoms with E-state index in [2.05, 4.69) is 4.72 Å². The van der Waals surface area contributed by atoms with Crippen LogP contribution in [0.4, 0.5) is 0 Å². The molecule has 0 aliphatic rings. The first-order chi connectivity index (χ1) is 8.60. The maximum absolute atomic E-state index is 11.9. The number of hydrogen-bond donors (Lipinski definition) is 2. The van der Waals surface area contributed by atoms with E-state index >= 15 is 0 Å². The molecule has 0 radical (unpaired) electrons. The van der Waals surface area contributed by atoms with E-state index in [1.54, 1.807) is 12.1 Å². The molecule has 0 amide bonds. The molecule has 18 heavy (non-hydrogen) atoms. The number of unbranched alkanes of at least 4 members (excludes halogenated alkanes) is 2. The predicted octanol–water partition coefficient (Wildman–Crippen LogP) is 1.69. The summed E-state index contributed by atoms with van der Waals surface area (Å²) in [6.45, 7) is 2.60. The van der Waals surface area contributed by atoms with Crippen molar-refractivity contribution in [3.8, 4) is 0 Å². The Kier molecular flexibility index (Phi) is 6.32. The lowest BCUT2D eigenvalue weighted by molar-refractivity contribution is 0.283. The van der Waals surface area contributed by atoms with Gasteiger partial charge in [-0.2, -0.15) is 0 Å². The van der Waals surface area contributed by atoms with E-state index in [4.69, 9.17) is 5.11 Å². The highest BCUT2D eigenvalue weighted by Crippen LogP contribution is 2.10. The number of aliphatic hydroxyl groups excluding tert-OH is 1. The van der Waals surface area contributed by atoms with Gasteiger partial charge in [-0.15, -0.1) is 0 Å². The van der Waals surface area contributed by atoms with Crippen LogP contribution in [0.5, 0.6) is 0 Å². The van der Waals surface area contributed by atoms with Crippen LogP contribution in [-0.4, -0.2) is 26.7 Å². The predicted molar refractivity (Wildman–Crippen MR) is 71.9 cm³/mol. The summed E-state index contributed by atoms with van der Waals surface area (Å²) in [4.78, 5) is 0.307. The highest BCUT2D eigenvalue weighted by atomic mass is 32.2. The first-order valence-corrected chi connectivity index (χ1v) is 7.78. The molecule has 4 nitrogen and oxygen atoms in total. The largest absolute Gasteiger partial charge is 0.396 e. The fourth-order valence-corrected chi connectivity index (χ4v) is 2.68. The number of aryl methyl sites for hydroxylation is 1. The van der Waals surface area contributed by atoms with Crippen LogP contribution in [0.15, 0.2) is 29.2 Å². The summed E-state index contributed by atoms with van der Waals surface area (Å²) in [6.07, 6.45) is 3.18. The molecule has 0 spiro atoms. The quantitative estimate of drug-likeness (QED) is 0.707. The molecule has 1 aromatic rings. The van der Waals surface area contributed by atoms with E-state index in [-0.39, 0.29) is 6.61 Å². The van der Waals surface area contributed by atoms with Gasteiger partial charge in [-0.25, -0.2) is 13.1 Å². The van der Waals surface area contributed by atoms with Crippen LogP contribution in [0.2, 0.25) is 0 Å². The molecular weight excluding hydrogens is 250 g/mol. The third-order valence-corrected chi connectivity index (χ3v) is 4.25. The Hall–Kier alpha value is -0.910. The lowest BCUT2D eigenvalue weighted by Crippen LogP contribution is -2.24. The molecule has 0 aliphatic carbocycles. The van der Waals surface area contributed by atoms with Crippen molar-refractivity contribution in [1.82, 2.24) is 4.72 Å². The molecule has 0 saturated heterocycles. The molecule has 102 valence electrons. The van der Waals surface area contributed by atoms with Crippen molar-refractivity contribution in [1.29, 1.82) is 0 Å². The Morgan fingerprint density at radius 2 is 1.78 bits per heavy atom. The van der Waals surface area contributed by atoms with Gasteiger partial charge < -0.3 is 5.11 Å². The van der Waals surface area contributed by atoms with Crippen molar-refractivity contribution < 1.29 is 13.5 Å². The van der Waals surface area contributed by atoms with E-state index in [1.807, 2.05) is 19.1 Å². The fraction of sp³-hybridized carbons (Fsp3) is 0.538. The number of nitrogens with one attached hydrogen (secondary N) is 1. The normalized spacial score (nSPS) is 11.7. The summed E-state index contributed by atoms with van der Waals surface area (Å²) in [5, 5.41) is 8.61. The second-order valence-corrected chi connectivity index (χ2v) is 5.95. The zero-order chi connectivity index (χ0) is 13.4. The Bertz CT molecular complexity index is 440. The highest BCUT2D eigenvalue weighted by molar-refractivity contribution is 7.89. The van der Waals surface area contributed by atoms with Crippen LogP contribution in [0.1, 0.15) is 31.7 Å². The minimum atomic E-state index is -3.38. The molecule has 2 N–H and O–H groups in total. The molecule has 0 fully saturated rings. The molecule has 0 aliphatic heterocycles. The van der Waals surface area contributed by atoms with E-state index in [0.717, 1.165) is 24.8 Å². The molecule has 0 bridgehead atoms. The van der Waals surface area contributed by atoms with Crippen molar-refractivity contribution in [2.75, 3.05) is 13.2 Å². The van der Waals surface area contributed by atoms with Crippen molar-refractivity contribution in [2.24, 2.45) is 0 Å². The van der Waals surface area contributed by atoms with Gasteiger partial charge in [0.25, 0.3) is 0 Å². The zero-order valence-electron chi connectivity index (χ0n) is 10.7. The SMILES string of the molecule is CCc1ccc(S(=O)(=O)NCCCCCO)cc1. The maximum Gasteiger partial charge on any atom is 0.240 e. The van der Waals surface area contributed by atoms with E-state index in [9.17, 15) is 8.42 Å². The van der Waals surface area contributed by atoms with Gasteiger partial charge in [0.05, 0.1) is 4.90 Å². The van der Waals surface area contributed by atoms with Crippen LogP contribution in [0.25, 0.3) is 0 Å². The average Bonchev–Trinajstić information content (AvgIpc) is 2.38. The molecule has 0 atom stereocenters. The summed E-state index contributed by atoms with van der Waals surface area (Å²) in [7, 11) is -3.38. The van der Waals surface area contributed by atoms with Crippen LogP contribution in [0, 0.1) is 0 Å². The van der Waals surface area contributed by atoms with Gasteiger partial charge in [0, 0.05) is 13.2 Å². The molecule has 0 heterocycles. The van der Waals surface area contributed by atoms with Gasteiger partial charge in [0.2, 0.25) is 10.0 Å². The maximum atomic E-state index is 11.9. The Balaban J connectivity index is 2.51. The molecule has 5 heteroatoms. The third-order valence-electron chi connectivity index (χ3n) is 2.77. The Morgan fingerprint density at radius 3 is 2.33 bits per heavy atom. The van der Waals surface area contributed by atoms with Crippen LogP contribution < -0.4 is 4.72 Å². The smallest absolute Gasteiger partial charge is 0.240 e. The lowest BCUT2D eigenvalue weighted by Gasteiger charge is -2.07. The summed E-state index contributed by atoms with van der Waals surface area (Å²) in [5.74, 6) is 0. The molecule has 0 aromatic heterocycles. The number of rotatable bonds is 8. The lowest BCUT2D eigenvalue weighted by atomic mass is 10.2. The van der Waals surface area contributed by atoms with Crippen LogP contribution in [-0.2, 0) is 16.4 Å². The second-order valence-electron chi connectivity index (χ2n) is 4.18. The average molecular weight is 271 g/mol. The summed E-state index contributed by atoms with van der Waals surface area (Å²) < 4.78 is 26.4. The van der Waals surface area contributed by atoms with E-state index in [1.165, 1.54) is 0 Å². The first kappa shape index (κ1) is 15.1.